The van der Waals surface area contributed by atoms with Gasteiger partial charge in [-0.3, -0.25) is 9.69 Å². The molecule has 2 amide bonds. The number of hydrogen-bond acceptors (Lipinski definition) is 8. The number of nitrogens with zero attached hydrogens (tertiary/aromatic N) is 6. The van der Waals surface area contributed by atoms with E-state index in [2.05, 4.69) is 39.0 Å². The number of thioether (sulfide) groups is 1. The number of piperazine rings is 2. The van der Waals surface area contributed by atoms with Crippen molar-refractivity contribution in [2.75, 3.05) is 63.9 Å². The monoisotopic (exact) mass is 594 g/mol. The lowest BCUT2D eigenvalue weighted by atomic mass is 10.1. The minimum absolute atomic E-state index is 0.0342. The lowest BCUT2D eigenvalue weighted by Crippen LogP contribution is -2.50. The van der Waals surface area contributed by atoms with E-state index in [1.54, 1.807) is 16.7 Å². The molecule has 0 atom stereocenters. The molecule has 0 saturated carbocycles. The van der Waals surface area contributed by atoms with Crippen LogP contribution in [0.5, 0.6) is 0 Å². The molecule has 0 aliphatic carbocycles. The Morgan fingerprint density at radius 3 is 2.29 bits per heavy atom. The van der Waals surface area contributed by atoms with Gasteiger partial charge in [0.25, 0.3) is 5.91 Å². The molecule has 2 aliphatic rings. The third kappa shape index (κ3) is 7.90. The molecule has 216 valence electrons. The van der Waals surface area contributed by atoms with Crippen LogP contribution in [0.25, 0.3) is 0 Å². The van der Waals surface area contributed by atoms with Crippen LogP contribution in [0.15, 0.2) is 65.8 Å². The summed E-state index contributed by atoms with van der Waals surface area (Å²) in [6.45, 7) is 8.65. The van der Waals surface area contributed by atoms with E-state index >= 15 is 0 Å². The molecule has 1 aromatic heterocycles. The van der Waals surface area contributed by atoms with Gasteiger partial charge >= 0.3 is 6.09 Å². The fourth-order valence-corrected chi connectivity index (χ4v) is 6.04. The van der Waals surface area contributed by atoms with Crippen molar-refractivity contribution < 1.29 is 14.3 Å². The molecule has 2 saturated heterocycles. The highest BCUT2D eigenvalue weighted by atomic mass is 35.5. The number of anilines is 1. The van der Waals surface area contributed by atoms with Gasteiger partial charge in [-0.15, -0.1) is 0 Å². The molecular weight excluding hydrogens is 560 g/mol. The highest BCUT2D eigenvalue weighted by Gasteiger charge is 2.26. The summed E-state index contributed by atoms with van der Waals surface area (Å²) in [5, 5.41) is 1.04. The summed E-state index contributed by atoms with van der Waals surface area (Å²) in [5.74, 6) is 1.42. The number of amides is 2. The largest absolute Gasteiger partial charge is 0.450 e. The van der Waals surface area contributed by atoms with Gasteiger partial charge in [0.2, 0.25) is 0 Å². The lowest BCUT2D eigenvalue weighted by molar-refractivity contribution is 0.0570. The number of carbonyl (C=O) groups is 2. The van der Waals surface area contributed by atoms with Gasteiger partial charge in [-0.2, -0.15) is 0 Å². The van der Waals surface area contributed by atoms with Crippen LogP contribution < -0.4 is 4.90 Å². The zero-order chi connectivity index (χ0) is 28.6. The molecule has 2 aliphatic heterocycles. The van der Waals surface area contributed by atoms with Gasteiger partial charge in [0, 0.05) is 76.3 Å². The van der Waals surface area contributed by atoms with E-state index in [4.69, 9.17) is 21.3 Å². The third-order valence-electron chi connectivity index (χ3n) is 7.24. The summed E-state index contributed by atoms with van der Waals surface area (Å²) in [4.78, 5) is 42.5. The van der Waals surface area contributed by atoms with E-state index < -0.39 is 0 Å². The van der Waals surface area contributed by atoms with Crippen LogP contribution in [-0.4, -0.2) is 95.6 Å². The predicted octanol–water partition coefficient (Wildman–Crippen LogP) is 4.66. The number of halogens is 1. The Labute approximate surface area is 250 Å². The van der Waals surface area contributed by atoms with Crippen molar-refractivity contribution in [3.8, 4) is 0 Å². The van der Waals surface area contributed by atoms with Gasteiger partial charge in [0.15, 0.2) is 5.16 Å². The smallest absolute Gasteiger partial charge is 0.409 e. The molecule has 0 bridgehead atoms. The lowest BCUT2D eigenvalue weighted by Gasteiger charge is -2.35. The summed E-state index contributed by atoms with van der Waals surface area (Å²) in [6.07, 6.45) is -0.324. The fraction of sp³-hybridized carbons (Fsp3) is 0.400. The molecule has 2 aromatic carbocycles. The van der Waals surface area contributed by atoms with E-state index in [1.807, 2.05) is 36.4 Å². The molecule has 3 aromatic rings. The minimum atomic E-state index is -0.324. The Bertz CT molecular complexity index is 1330. The number of carbonyl (C=O) groups excluding carboxylic acids is 2. The van der Waals surface area contributed by atoms with E-state index in [0.717, 1.165) is 44.1 Å². The van der Waals surface area contributed by atoms with Crippen molar-refractivity contribution >= 4 is 41.2 Å². The Kier molecular flexibility index (Phi) is 9.97. The number of rotatable bonds is 8. The van der Waals surface area contributed by atoms with Crippen LogP contribution >= 0.6 is 23.4 Å². The fourth-order valence-electron chi connectivity index (χ4n) is 5.02. The minimum Gasteiger partial charge on any atom is -0.450 e. The number of hydrogen-bond donors (Lipinski definition) is 0. The van der Waals surface area contributed by atoms with Gasteiger partial charge in [-0.05, 0) is 30.2 Å². The van der Waals surface area contributed by atoms with E-state index in [1.165, 1.54) is 17.3 Å². The first-order chi connectivity index (χ1) is 20.0. The SMILES string of the molecule is CCOC(=O)N1CCN(C(=O)c2cccc(CSc3nc(Cl)cc(N4CCN(Cc5ccccc5)CC4)n3)c2)CC1. The second kappa shape index (κ2) is 14.0. The number of benzene rings is 2. The standard InChI is InChI=1S/C30H35ClN6O3S/c1-2-40-30(39)37-17-15-36(16-18-37)28(38)25-10-6-9-24(19-25)22-41-29-32-26(31)20-27(33-29)35-13-11-34(12-14-35)21-23-7-4-3-5-8-23/h3-10,19-20H,2,11-18,21-22H2,1H3. The third-order valence-corrected chi connectivity index (χ3v) is 8.35. The van der Waals surface area contributed by atoms with Crippen LogP contribution in [-0.2, 0) is 17.0 Å². The first-order valence-corrected chi connectivity index (χ1v) is 15.3. The Morgan fingerprint density at radius 1 is 0.854 bits per heavy atom. The van der Waals surface area contributed by atoms with Crippen molar-refractivity contribution in [3.05, 3.63) is 82.5 Å². The molecule has 0 radical (unpaired) electrons. The predicted molar refractivity (Wildman–Crippen MR) is 161 cm³/mol. The van der Waals surface area contributed by atoms with E-state index in [-0.39, 0.29) is 12.0 Å². The maximum Gasteiger partial charge on any atom is 0.409 e. The maximum absolute atomic E-state index is 13.2. The van der Waals surface area contributed by atoms with Gasteiger partial charge in [0.05, 0.1) is 6.61 Å². The summed E-state index contributed by atoms with van der Waals surface area (Å²) in [7, 11) is 0. The van der Waals surface area contributed by atoms with Gasteiger partial charge < -0.3 is 19.4 Å². The second-order valence-corrected chi connectivity index (χ2v) is 11.4. The molecular formula is C30H35ClN6O3S. The Balaban J connectivity index is 1.14. The van der Waals surface area contributed by atoms with Gasteiger partial charge in [-0.1, -0.05) is 65.8 Å². The summed E-state index contributed by atoms with van der Waals surface area (Å²) in [6, 6.07) is 20.0. The zero-order valence-corrected chi connectivity index (χ0v) is 24.8. The average Bonchev–Trinajstić information content (AvgIpc) is 3.01. The van der Waals surface area contributed by atoms with Crippen LogP contribution in [0.2, 0.25) is 5.15 Å². The molecule has 5 rings (SSSR count). The Hall–Kier alpha value is -3.34. The molecule has 2 fully saturated rings. The quantitative estimate of drug-likeness (QED) is 0.212. The zero-order valence-electron chi connectivity index (χ0n) is 23.2. The summed E-state index contributed by atoms with van der Waals surface area (Å²) in [5.41, 5.74) is 2.96. The molecule has 3 heterocycles. The van der Waals surface area contributed by atoms with Crippen molar-refractivity contribution in [2.24, 2.45) is 0 Å². The van der Waals surface area contributed by atoms with Crippen LogP contribution in [0, 0.1) is 0 Å². The molecule has 41 heavy (non-hydrogen) atoms. The summed E-state index contributed by atoms with van der Waals surface area (Å²) >= 11 is 7.91. The van der Waals surface area contributed by atoms with Crippen molar-refractivity contribution in [1.29, 1.82) is 0 Å². The molecule has 11 heteroatoms. The maximum atomic E-state index is 13.2. The highest BCUT2D eigenvalue weighted by molar-refractivity contribution is 7.98. The molecule has 9 nitrogen and oxygen atoms in total. The van der Waals surface area contributed by atoms with E-state index in [0.29, 0.717) is 54.4 Å². The number of ether oxygens (including phenoxy) is 1. The number of aromatic nitrogens is 2. The first-order valence-electron chi connectivity index (χ1n) is 14.0. The average molecular weight is 595 g/mol. The highest BCUT2D eigenvalue weighted by Crippen LogP contribution is 2.26. The van der Waals surface area contributed by atoms with Crippen LogP contribution in [0.4, 0.5) is 10.6 Å². The molecule has 0 unspecified atom stereocenters. The van der Waals surface area contributed by atoms with Crippen molar-refractivity contribution in [3.63, 3.8) is 0 Å². The normalized spacial score (nSPS) is 16.1. The van der Waals surface area contributed by atoms with Crippen LogP contribution in [0.3, 0.4) is 0 Å². The second-order valence-electron chi connectivity index (χ2n) is 10.0. The van der Waals surface area contributed by atoms with Crippen LogP contribution in [0.1, 0.15) is 28.4 Å². The summed E-state index contributed by atoms with van der Waals surface area (Å²) < 4.78 is 5.07. The molecule has 0 N–H and O–H groups in total. The van der Waals surface area contributed by atoms with Gasteiger partial charge in [-0.25, -0.2) is 14.8 Å². The van der Waals surface area contributed by atoms with Gasteiger partial charge in [0.1, 0.15) is 11.0 Å². The van der Waals surface area contributed by atoms with E-state index in [9.17, 15) is 9.59 Å². The first kappa shape index (κ1) is 29.2. The topological polar surface area (TPSA) is 82.1 Å². The van der Waals surface area contributed by atoms with Crippen molar-refractivity contribution in [1.82, 2.24) is 24.7 Å². The Morgan fingerprint density at radius 2 is 1.56 bits per heavy atom. The molecule has 0 spiro atoms. The van der Waals surface area contributed by atoms with Crippen molar-refractivity contribution in [2.45, 2.75) is 24.4 Å².